The summed E-state index contributed by atoms with van der Waals surface area (Å²) in [7, 11) is 0. The van der Waals surface area contributed by atoms with Crippen LogP contribution < -0.4 is 5.32 Å². The second-order valence-corrected chi connectivity index (χ2v) is 6.73. The first kappa shape index (κ1) is 19.6. The maximum atomic E-state index is 14.5. The van der Waals surface area contributed by atoms with E-state index in [0.29, 0.717) is 27.0 Å². The summed E-state index contributed by atoms with van der Waals surface area (Å²) in [5.74, 6) is -1.07. The highest BCUT2D eigenvalue weighted by Gasteiger charge is 2.28. The number of anilines is 1. The summed E-state index contributed by atoms with van der Waals surface area (Å²) in [6.07, 6.45) is 0.939. The van der Waals surface area contributed by atoms with Crippen LogP contribution in [0.25, 0.3) is 16.6 Å². The Kier molecular flexibility index (Phi) is 4.76. The van der Waals surface area contributed by atoms with Gasteiger partial charge in [0.25, 0.3) is 5.91 Å². The SMILES string of the molecule is Cc1cc(F)c(-c2cnn(CC(F)(F)F)c2)cc1NC(=O)c1cnn2ccccc12. The third-order valence-electron chi connectivity index (χ3n) is 4.52. The lowest BCUT2D eigenvalue weighted by Crippen LogP contribution is -2.17. The zero-order chi connectivity index (χ0) is 21.5. The number of aromatic nitrogens is 4. The minimum atomic E-state index is -4.44. The molecule has 0 saturated carbocycles. The monoisotopic (exact) mass is 417 g/mol. The molecule has 1 amide bonds. The van der Waals surface area contributed by atoms with Crippen LogP contribution >= 0.6 is 0 Å². The maximum absolute atomic E-state index is 14.5. The van der Waals surface area contributed by atoms with Crippen molar-refractivity contribution in [1.82, 2.24) is 19.4 Å². The lowest BCUT2D eigenvalue weighted by atomic mass is 10.0. The van der Waals surface area contributed by atoms with Gasteiger partial charge in [-0.1, -0.05) is 6.07 Å². The van der Waals surface area contributed by atoms with E-state index in [2.05, 4.69) is 15.5 Å². The van der Waals surface area contributed by atoms with Gasteiger partial charge < -0.3 is 5.32 Å². The van der Waals surface area contributed by atoms with E-state index in [4.69, 9.17) is 0 Å². The Bertz CT molecular complexity index is 1240. The van der Waals surface area contributed by atoms with E-state index in [1.807, 2.05) is 0 Å². The van der Waals surface area contributed by atoms with Crippen LogP contribution in [-0.4, -0.2) is 31.5 Å². The van der Waals surface area contributed by atoms with Gasteiger partial charge in [-0.15, -0.1) is 0 Å². The molecule has 10 heteroatoms. The number of nitrogens with one attached hydrogen (secondary N) is 1. The largest absolute Gasteiger partial charge is 0.408 e. The summed E-state index contributed by atoms with van der Waals surface area (Å²) in [5.41, 5.74) is 1.92. The molecule has 0 atom stereocenters. The first-order valence-corrected chi connectivity index (χ1v) is 8.85. The molecule has 0 unspecified atom stereocenters. The molecule has 1 N–H and O–H groups in total. The molecule has 0 saturated heterocycles. The minimum absolute atomic E-state index is 0.0317. The summed E-state index contributed by atoms with van der Waals surface area (Å²) in [5, 5.41) is 10.5. The van der Waals surface area contributed by atoms with Crippen LogP contribution in [-0.2, 0) is 6.54 Å². The van der Waals surface area contributed by atoms with Gasteiger partial charge in [-0.25, -0.2) is 8.91 Å². The molecule has 0 aliphatic carbocycles. The number of pyridine rings is 1. The number of aryl methyl sites for hydroxylation is 1. The molecule has 0 radical (unpaired) electrons. The number of nitrogens with zero attached hydrogens (tertiary/aromatic N) is 4. The van der Waals surface area contributed by atoms with Crippen molar-refractivity contribution in [2.24, 2.45) is 0 Å². The number of fused-ring (bicyclic) bond motifs is 1. The Morgan fingerprint density at radius 1 is 1.17 bits per heavy atom. The molecule has 4 rings (SSSR count). The van der Waals surface area contributed by atoms with Crippen LogP contribution in [0.5, 0.6) is 0 Å². The number of benzene rings is 1. The summed E-state index contributed by atoms with van der Waals surface area (Å²) < 4.78 is 54.4. The van der Waals surface area contributed by atoms with Crippen LogP contribution in [0.15, 0.2) is 55.1 Å². The van der Waals surface area contributed by atoms with Crippen LogP contribution in [0.3, 0.4) is 0 Å². The second-order valence-electron chi connectivity index (χ2n) is 6.73. The number of alkyl halides is 3. The van der Waals surface area contributed by atoms with Crippen LogP contribution in [0.4, 0.5) is 23.2 Å². The highest BCUT2D eigenvalue weighted by atomic mass is 19.4. The Labute approximate surface area is 167 Å². The fourth-order valence-corrected chi connectivity index (χ4v) is 3.10. The van der Waals surface area contributed by atoms with Crippen LogP contribution in [0.1, 0.15) is 15.9 Å². The first-order valence-electron chi connectivity index (χ1n) is 8.85. The van der Waals surface area contributed by atoms with Crippen molar-refractivity contribution in [3.8, 4) is 11.1 Å². The normalized spacial score (nSPS) is 11.8. The molecule has 0 aliphatic heterocycles. The lowest BCUT2D eigenvalue weighted by molar-refractivity contribution is -0.142. The molecule has 6 nitrogen and oxygen atoms in total. The van der Waals surface area contributed by atoms with Gasteiger partial charge in [-0.05, 0) is 36.8 Å². The number of carbonyl (C=O) groups is 1. The molecule has 3 heterocycles. The standard InChI is InChI=1S/C20H15F4N5O/c1-12-6-16(21)14(13-8-25-28(10-13)11-20(22,23)24)7-17(12)27-19(30)15-9-26-29-5-3-2-4-18(15)29/h2-10H,11H2,1H3,(H,27,30). The molecular weight excluding hydrogens is 402 g/mol. The number of halogens is 4. The third kappa shape index (κ3) is 3.88. The van der Waals surface area contributed by atoms with E-state index in [-0.39, 0.29) is 11.1 Å². The molecule has 154 valence electrons. The molecule has 0 bridgehead atoms. The van der Waals surface area contributed by atoms with Crippen molar-refractivity contribution in [3.63, 3.8) is 0 Å². The molecule has 0 fully saturated rings. The van der Waals surface area contributed by atoms with E-state index >= 15 is 0 Å². The fraction of sp³-hybridized carbons (Fsp3) is 0.150. The number of hydrogen-bond donors (Lipinski definition) is 1. The Hall–Kier alpha value is -3.69. The van der Waals surface area contributed by atoms with Gasteiger partial charge in [-0.2, -0.15) is 23.4 Å². The highest BCUT2D eigenvalue weighted by molar-refractivity contribution is 6.09. The van der Waals surface area contributed by atoms with E-state index in [1.54, 1.807) is 35.8 Å². The smallest absolute Gasteiger partial charge is 0.322 e. The van der Waals surface area contributed by atoms with Gasteiger partial charge in [0.05, 0.1) is 23.5 Å². The quantitative estimate of drug-likeness (QED) is 0.499. The van der Waals surface area contributed by atoms with Gasteiger partial charge in [0.15, 0.2) is 0 Å². The number of hydrogen-bond acceptors (Lipinski definition) is 3. The van der Waals surface area contributed by atoms with Gasteiger partial charge in [-0.3, -0.25) is 9.48 Å². The van der Waals surface area contributed by atoms with Crippen molar-refractivity contribution >= 4 is 17.1 Å². The zero-order valence-electron chi connectivity index (χ0n) is 15.6. The second kappa shape index (κ2) is 7.29. The van der Waals surface area contributed by atoms with Crippen molar-refractivity contribution in [2.75, 3.05) is 5.32 Å². The maximum Gasteiger partial charge on any atom is 0.408 e. The van der Waals surface area contributed by atoms with E-state index in [1.165, 1.54) is 18.3 Å². The van der Waals surface area contributed by atoms with E-state index in [0.717, 1.165) is 12.4 Å². The van der Waals surface area contributed by atoms with Crippen LogP contribution in [0.2, 0.25) is 0 Å². The van der Waals surface area contributed by atoms with Crippen molar-refractivity contribution in [2.45, 2.75) is 19.6 Å². The average molecular weight is 417 g/mol. The molecule has 1 aromatic carbocycles. The topological polar surface area (TPSA) is 64.2 Å². The molecule has 30 heavy (non-hydrogen) atoms. The third-order valence-corrected chi connectivity index (χ3v) is 4.52. The molecule has 0 aliphatic rings. The Balaban J connectivity index is 1.64. The summed E-state index contributed by atoms with van der Waals surface area (Å²) in [4.78, 5) is 12.7. The van der Waals surface area contributed by atoms with E-state index in [9.17, 15) is 22.4 Å². The molecule has 3 aromatic heterocycles. The minimum Gasteiger partial charge on any atom is -0.322 e. The summed E-state index contributed by atoms with van der Waals surface area (Å²) in [6.45, 7) is 0.338. The number of rotatable bonds is 4. The van der Waals surface area contributed by atoms with E-state index < -0.39 is 24.4 Å². The molecular formula is C20H15F4N5O. The summed E-state index contributed by atoms with van der Waals surface area (Å²) >= 11 is 0. The van der Waals surface area contributed by atoms with Crippen molar-refractivity contribution in [3.05, 3.63) is 72.1 Å². The number of amides is 1. The lowest BCUT2D eigenvalue weighted by Gasteiger charge is -2.11. The Morgan fingerprint density at radius 3 is 2.73 bits per heavy atom. The Morgan fingerprint density at radius 2 is 1.97 bits per heavy atom. The van der Waals surface area contributed by atoms with Gasteiger partial charge in [0.1, 0.15) is 12.4 Å². The molecule has 4 aromatic rings. The van der Waals surface area contributed by atoms with Gasteiger partial charge >= 0.3 is 6.18 Å². The summed E-state index contributed by atoms with van der Waals surface area (Å²) in [6, 6.07) is 7.87. The van der Waals surface area contributed by atoms with Gasteiger partial charge in [0.2, 0.25) is 0 Å². The fourth-order valence-electron chi connectivity index (χ4n) is 3.10. The number of carbonyl (C=O) groups excluding carboxylic acids is 1. The van der Waals surface area contributed by atoms with Crippen molar-refractivity contribution in [1.29, 1.82) is 0 Å². The first-order chi connectivity index (χ1) is 14.2. The molecule has 0 spiro atoms. The predicted molar refractivity (Wildman–Crippen MR) is 102 cm³/mol. The predicted octanol–water partition coefficient (Wildman–Crippen LogP) is 4.46. The van der Waals surface area contributed by atoms with Crippen LogP contribution in [0, 0.1) is 12.7 Å². The highest BCUT2D eigenvalue weighted by Crippen LogP contribution is 2.29. The van der Waals surface area contributed by atoms with Gasteiger partial charge in [0, 0.05) is 29.2 Å². The van der Waals surface area contributed by atoms with Crippen molar-refractivity contribution < 1.29 is 22.4 Å². The average Bonchev–Trinajstić information content (AvgIpc) is 3.29. The zero-order valence-corrected chi connectivity index (χ0v) is 15.6.